The predicted molar refractivity (Wildman–Crippen MR) is 83.2 cm³/mol. The minimum atomic E-state index is -0.925. The highest BCUT2D eigenvalue weighted by atomic mass is 35.5. The molecule has 1 aromatic rings. The summed E-state index contributed by atoms with van der Waals surface area (Å²) >= 11 is 8.77. The van der Waals surface area contributed by atoms with Gasteiger partial charge in [-0.25, -0.2) is 4.79 Å². The third-order valence-electron chi connectivity index (χ3n) is 2.90. The van der Waals surface area contributed by atoms with E-state index in [0.717, 1.165) is 5.56 Å². The quantitative estimate of drug-likeness (QED) is 0.898. The van der Waals surface area contributed by atoms with Gasteiger partial charge in [-0.3, -0.25) is 4.79 Å². The van der Waals surface area contributed by atoms with Crippen LogP contribution in [0, 0.1) is 0 Å². The molecule has 20 heavy (non-hydrogen) atoms. The zero-order valence-electron chi connectivity index (χ0n) is 10.6. The smallest absolute Gasteiger partial charge is 0.327 e. The molecule has 108 valence electrons. The fourth-order valence-corrected chi connectivity index (χ4v) is 3.98. The van der Waals surface area contributed by atoms with Crippen molar-refractivity contribution in [3.05, 3.63) is 34.9 Å². The summed E-state index contributed by atoms with van der Waals surface area (Å²) < 4.78 is 0. The summed E-state index contributed by atoms with van der Waals surface area (Å²) in [7, 11) is 0. The number of nitrogens with zero attached hydrogens (tertiary/aromatic N) is 1. The molecule has 0 spiro atoms. The van der Waals surface area contributed by atoms with Gasteiger partial charge < -0.3 is 10.0 Å². The normalized spacial score (nSPS) is 18.2. The average molecular weight is 332 g/mol. The van der Waals surface area contributed by atoms with Gasteiger partial charge in [0.2, 0.25) is 5.91 Å². The second-order valence-corrected chi connectivity index (χ2v) is 6.76. The predicted octanol–water partition coefficient (Wildman–Crippen LogP) is 2.56. The molecule has 2 rings (SSSR count). The van der Waals surface area contributed by atoms with Crippen LogP contribution in [-0.2, 0) is 15.3 Å². The Labute approximate surface area is 130 Å². The van der Waals surface area contributed by atoms with Crippen LogP contribution in [0.3, 0.4) is 0 Å². The number of halogens is 1. The fourth-order valence-electron chi connectivity index (χ4n) is 1.81. The number of aliphatic carboxylic acids is 1. The molecule has 0 saturated carbocycles. The van der Waals surface area contributed by atoms with Gasteiger partial charge in [0.25, 0.3) is 0 Å². The standard InChI is InChI=1S/C13H14ClNO3S2/c14-10-3-1-9(2-4-10)5-19-7-12(16)15-8-20-6-11(15)13(17)18/h1-4,11H,5-8H2,(H,17,18)/t11-/m0/s1. The molecule has 1 aromatic carbocycles. The fraction of sp³-hybridized carbons (Fsp3) is 0.385. The Balaban J connectivity index is 1.80. The third kappa shape index (κ3) is 4.07. The van der Waals surface area contributed by atoms with Crippen molar-refractivity contribution in [1.82, 2.24) is 4.90 Å². The molecule has 1 aliphatic rings. The van der Waals surface area contributed by atoms with E-state index >= 15 is 0 Å². The first-order chi connectivity index (χ1) is 9.58. The van der Waals surface area contributed by atoms with Crippen molar-refractivity contribution in [2.24, 2.45) is 0 Å². The maximum Gasteiger partial charge on any atom is 0.327 e. The van der Waals surface area contributed by atoms with Crippen LogP contribution in [0.2, 0.25) is 5.02 Å². The van der Waals surface area contributed by atoms with Gasteiger partial charge in [-0.15, -0.1) is 23.5 Å². The van der Waals surface area contributed by atoms with Crippen molar-refractivity contribution in [1.29, 1.82) is 0 Å². The maximum atomic E-state index is 12.0. The van der Waals surface area contributed by atoms with Gasteiger partial charge in [-0.05, 0) is 17.7 Å². The van der Waals surface area contributed by atoms with E-state index < -0.39 is 12.0 Å². The van der Waals surface area contributed by atoms with Crippen LogP contribution in [-0.4, -0.2) is 45.3 Å². The highest BCUT2D eigenvalue weighted by Crippen LogP contribution is 2.23. The summed E-state index contributed by atoms with van der Waals surface area (Å²) in [5, 5.41) is 9.72. The number of amides is 1. The van der Waals surface area contributed by atoms with Crippen LogP contribution in [0.5, 0.6) is 0 Å². The van der Waals surface area contributed by atoms with E-state index in [1.54, 1.807) is 0 Å². The second-order valence-electron chi connectivity index (χ2n) is 4.34. The van der Waals surface area contributed by atoms with Gasteiger partial charge in [-0.1, -0.05) is 23.7 Å². The topological polar surface area (TPSA) is 57.6 Å². The minimum absolute atomic E-state index is 0.110. The first kappa shape index (κ1) is 15.5. The molecule has 0 bridgehead atoms. The van der Waals surface area contributed by atoms with Gasteiger partial charge in [0.15, 0.2) is 0 Å². The van der Waals surface area contributed by atoms with Crippen molar-refractivity contribution >= 4 is 47.0 Å². The van der Waals surface area contributed by atoms with Gasteiger partial charge in [0.05, 0.1) is 11.6 Å². The summed E-state index contributed by atoms with van der Waals surface area (Å²) in [6.45, 7) is 0. The Morgan fingerprint density at radius 2 is 2.10 bits per heavy atom. The summed E-state index contributed by atoms with van der Waals surface area (Å²) in [5.41, 5.74) is 1.10. The van der Waals surface area contributed by atoms with Crippen molar-refractivity contribution < 1.29 is 14.7 Å². The Hall–Kier alpha value is -0.850. The van der Waals surface area contributed by atoms with Crippen molar-refractivity contribution in [3.8, 4) is 0 Å². The van der Waals surface area contributed by atoms with E-state index in [1.807, 2.05) is 24.3 Å². The Morgan fingerprint density at radius 1 is 1.40 bits per heavy atom. The molecular weight excluding hydrogens is 318 g/mol. The number of hydrogen-bond acceptors (Lipinski definition) is 4. The molecule has 1 N–H and O–H groups in total. The van der Waals surface area contributed by atoms with E-state index in [9.17, 15) is 9.59 Å². The molecular formula is C13H14ClNO3S2. The molecule has 7 heteroatoms. The summed E-state index contributed by atoms with van der Waals surface area (Å²) in [5.74, 6) is 0.918. The van der Waals surface area contributed by atoms with Crippen molar-refractivity contribution in [3.63, 3.8) is 0 Å². The van der Waals surface area contributed by atoms with Gasteiger partial charge in [0.1, 0.15) is 6.04 Å². The molecule has 0 unspecified atom stereocenters. The van der Waals surface area contributed by atoms with Crippen LogP contribution in [0.4, 0.5) is 0 Å². The monoisotopic (exact) mass is 331 g/mol. The molecule has 1 fully saturated rings. The number of benzene rings is 1. The summed E-state index contributed by atoms with van der Waals surface area (Å²) in [6, 6.07) is 6.80. The first-order valence-electron chi connectivity index (χ1n) is 6.00. The number of hydrogen-bond donors (Lipinski definition) is 1. The minimum Gasteiger partial charge on any atom is -0.480 e. The van der Waals surface area contributed by atoms with E-state index in [1.165, 1.54) is 28.4 Å². The molecule has 4 nitrogen and oxygen atoms in total. The number of carboxylic acid groups (broad SMARTS) is 1. The lowest BCUT2D eigenvalue weighted by Gasteiger charge is -2.20. The molecule has 0 aliphatic carbocycles. The lowest BCUT2D eigenvalue weighted by Crippen LogP contribution is -2.42. The van der Waals surface area contributed by atoms with Gasteiger partial charge in [-0.2, -0.15) is 0 Å². The van der Waals surface area contributed by atoms with Crippen LogP contribution >= 0.6 is 35.1 Å². The zero-order chi connectivity index (χ0) is 14.5. The number of carbonyl (C=O) groups is 2. The molecule has 1 heterocycles. The Bertz CT molecular complexity index is 495. The SMILES string of the molecule is O=C(O)[C@@H]1CSCN1C(=O)CSCc1ccc(Cl)cc1. The summed E-state index contributed by atoms with van der Waals surface area (Å²) in [6.07, 6.45) is 0. The lowest BCUT2D eigenvalue weighted by molar-refractivity contribution is -0.146. The number of thioether (sulfide) groups is 2. The largest absolute Gasteiger partial charge is 0.480 e. The average Bonchev–Trinajstić information content (AvgIpc) is 2.90. The number of carboxylic acids is 1. The van der Waals surface area contributed by atoms with Gasteiger partial charge >= 0.3 is 5.97 Å². The van der Waals surface area contributed by atoms with Crippen LogP contribution in [0.25, 0.3) is 0 Å². The zero-order valence-corrected chi connectivity index (χ0v) is 13.0. The highest BCUT2D eigenvalue weighted by molar-refractivity contribution is 7.99. The van der Waals surface area contributed by atoms with Crippen LogP contribution in [0.15, 0.2) is 24.3 Å². The molecule has 0 aromatic heterocycles. The van der Waals surface area contributed by atoms with E-state index in [0.29, 0.717) is 28.2 Å². The van der Waals surface area contributed by atoms with E-state index in [4.69, 9.17) is 16.7 Å². The maximum absolute atomic E-state index is 12.0. The van der Waals surface area contributed by atoms with Crippen molar-refractivity contribution in [2.45, 2.75) is 11.8 Å². The van der Waals surface area contributed by atoms with Crippen LogP contribution in [0.1, 0.15) is 5.56 Å². The summed E-state index contributed by atoms with van der Waals surface area (Å²) in [4.78, 5) is 24.5. The molecule has 1 saturated heterocycles. The molecule has 1 amide bonds. The van der Waals surface area contributed by atoms with E-state index in [2.05, 4.69) is 0 Å². The molecule has 0 radical (unpaired) electrons. The Morgan fingerprint density at radius 3 is 2.75 bits per heavy atom. The van der Waals surface area contributed by atoms with Crippen molar-refractivity contribution in [2.75, 3.05) is 17.4 Å². The van der Waals surface area contributed by atoms with E-state index in [-0.39, 0.29) is 5.91 Å². The first-order valence-corrected chi connectivity index (χ1v) is 8.69. The Kier molecular flexibility index (Phi) is 5.63. The highest BCUT2D eigenvalue weighted by Gasteiger charge is 2.34. The number of carbonyl (C=O) groups excluding carboxylic acids is 1. The number of rotatable bonds is 5. The van der Waals surface area contributed by atoms with Gasteiger partial charge in [0, 0.05) is 16.5 Å². The third-order valence-corrected chi connectivity index (χ3v) is 5.15. The molecule has 1 aliphatic heterocycles. The lowest BCUT2D eigenvalue weighted by atomic mass is 10.2. The molecule has 1 atom stereocenters. The second kappa shape index (κ2) is 7.24. The van der Waals surface area contributed by atoms with Crippen LogP contribution < -0.4 is 0 Å².